The third kappa shape index (κ3) is 3.19. The van der Waals surface area contributed by atoms with Crippen molar-refractivity contribution < 1.29 is 4.79 Å². The second kappa shape index (κ2) is 6.29. The Balaban J connectivity index is 1.88. The van der Waals surface area contributed by atoms with E-state index in [1.54, 1.807) is 0 Å². The van der Waals surface area contributed by atoms with Gasteiger partial charge in [-0.25, -0.2) is 0 Å². The molecule has 0 aromatic heterocycles. The van der Waals surface area contributed by atoms with E-state index in [1.165, 1.54) is 0 Å². The topological polar surface area (TPSA) is 17.1 Å². The van der Waals surface area contributed by atoms with Crippen molar-refractivity contribution in [3.63, 3.8) is 0 Å². The molecule has 1 aliphatic rings. The van der Waals surface area contributed by atoms with Crippen LogP contribution >= 0.6 is 31.9 Å². The number of benzene rings is 2. The molecule has 3 rings (SSSR count). The van der Waals surface area contributed by atoms with Crippen molar-refractivity contribution in [2.45, 2.75) is 12.8 Å². The van der Waals surface area contributed by atoms with Gasteiger partial charge in [-0.2, -0.15) is 0 Å². The van der Waals surface area contributed by atoms with Crippen molar-refractivity contribution >= 4 is 43.2 Å². The zero-order valence-corrected chi connectivity index (χ0v) is 14.5. The molecule has 21 heavy (non-hydrogen) atoms. The molecule has 1 aliphatic carbocycles. The van der Waals surface area contributed by atoms with E-state index in [2.05, 4.69) is 50.1 Å². The smallest absolute Gasteiger partial charge is 0.170 e. The van der Waals surface area contributed by atoms with Crippen molar-refractivity contribution in [2.75, 3.05) is 0 Å². The van der Waals surface area contributed by atoms with Crippen LogP contribution in [0.3, 0.4) is 0 Å². The van der Waals surface area contributed by atoms with Crippen LogP contribution in [0, 0.1) is 5.92 Å². The molecule has 0 bridgehead atoms. The van der Waals surface area contributed by atoms with Crippen LogP contribution in [-0.4, -0.2) is 5.78 Å². The predicted molar refractivity (Wildman–Crippen MR) is 93.3 cm³/mol. The molecular weight excluding hydrogens is 392 g/mol. The van der Waals surface area contributed by atoms with E-state index in [9.17, 15) is 4.79 Å². The first-order chi connectivity index (χ1) is 10.1. The lowest BCUT2D eigenvalue weighted by molar-refractivity contribution is 0.0949. The van der Waals surface area contributed by atoms with Gasteiger partial charge in [-0.1, -0.05) is 62.2 Å². The standard InChI is InChI=1S/C18H14Br2O/c19-14-8-4-12(5-9-14)16-2-1-3-17(16)18(21)13-6-10-15(20)11-7-13/h2,4-11,17H,1,3H2/t17-/m0/s1. The average Bonchev–Trinajstić information content (AvgIpc) is 2.97. The number of halogens is 2. The average molecular weight is 406 g/mol. The van der Waals surface area contributed by atoms with Gasteiger partial charge < -0.3 is 0 Å². The minimum atomic E-state index is -0.0210. The summed E-state index contributed by atoms with van der Waals surface area (Å²) in [6.45, 7) is 0. The van der Waals surface area contributed by atoms with Crippen molar-refractivity contribution in [1.82, 2.24) is 0 Å². The predicted octanol–water partition coefficient (Wildman–Crippen LogP) is 5.89. The molecule has 0 spiro atoms. The van der Waals surface area contributed by atoms with Crippen molar-refractivity contribution in [3.05, 3.63) is 74.7 Å². The molecule has 2 aromatic rings. The van der Waals surface area contributed by atoms with Gasteiger partial charge >= 0.3 is 0 Å². The summed E-state index contributed by atoms with van der Waals surface area (Å²) in [5.74, 6) is 0.196. The van der Waals surface area contributed by atoms with Crippen LogP contribution in [0.15, 0.2) is 63.6 Å². The third-order valence-electron chi connectivity index (χ3n) is 3.82. The van der Waals surface area contributed by atoms with E-state index >= 15 is 0 Å². The molecule has 0 N–H and O–H groups in total. The van der Waals surface area contributed by atoms with Gasteiger partial charge in [-0.05, 0) is 48.2 Å². The molecule has 0 saturated carbocycles. The molecular formula is C18H14Br2O. The number of rotatable bonds is 3. The highest BCUT2D eigenvalue weighted by molar-refractivity contribution is 9.10. The molecule has 106 valence electrons. The van der Waals surface area contributed by atoms with E-state index in [0.717, 1.165) is 38.5 Å². The maximum atomic E-state index is 12.7. The van der Waals surface area contributed by atoms with Gasteiger partial charge in [0, 0.05) is 20.4 Å². The summed E-state index contributed by atoms with van der Waals surface area (Å²) >= 11 is 6.86. The van der Waals surface area contributed by atoms with E-state index in [0.29, 0.717) is 0 Å². The number of carbonyl (C=O) groups excluding carboxylic acids is 1. The molecule has 0 amide bonds. The van der Waals surface area contributed by atoms with E-state index in [4.69, 9.17) is 0 Å². The van der Waals surface area contributed by atoms with Crippen molar-refractivity contribution in [2.24, 2.45) is 5.92 Å². The number of hydrogen-bond donors (Lipinski definition) is 0. The Morgan fingerprint density at radius 2 is 1.48 bits per heavy atom. The summed E-state index contributed by atoms with van der Waals surface area (Å²) in [6, 6.07) is 15.8. The molecule has 3 heteroatoms. The largest absolute Gasteiger partial charge is 0.293 e. The monoisotopic (exact) mass is 404 g/mol. The SMILES string of the molecule is O=C(c1ccc(Br)cc1)[C@H]1CCC=C1c1ccc(Br)cc1. The number of Topliss-reactive ketones (excluding diaryl/α,β-unsaturated/α-hetero) is 1. The summed E-state index contributed by atoms with van der Waals surface area (Å²) in [6.07, 6.45) is 4.07. The molecule has 0 fully saturated rings. The van der Waals surface area contributed by atoms with Crippen LogP contribution in [0.25, 0.3) is 5.57 Å². The molecule has 1 atom stereocenters. The molecule has 0 heterocycles. The van der Waals surface area contributed by atoms with Crippen LogP contribution in [0.4, 0.5) is 0 Å². The number of carbonyl (C=O) groups is 1. The van der Waals surface area contributed by atoms with Gasteiger partial charge in [-0.3, -0.25) is 4.79 Å². The number of allylic oxidation sites excluding steroid dienone is 2. The minimum Gasteiger partial charge on any atom is -0.293 e. The highest BCUT2D eigenvalue weighted by Gasteiger charge is 2.28. The van der Waals surface area contributed by atoms with Gasteiger partial charge in [0.05, 0.1) is 0 Å². The summed E-state index contributed by atoms with van der Waals surface area (Å²) in [7, 11) is 0. The van der Waals surface area contributed by atoms with Crippen LogP contribution in [0.5, 0.6) is 0 Å². The van der Waals surface area contributed by atoms with Gasteiger partial charge in [-0.15, -0.1) is 0 Å². The normalized spacial score (nSPS) is 17.6. The van der Waals surface area contributed by atoms with Crippen LogP contribution in [0.1, 0.15) is 28.8 Å². The second-order valence-electron chi connectivity index (χ2n) is 5.17. The Morgan fingerprint density at radius 3 is 2.10 bits per heavy atom. The van der Waals surface area contributed by atoms with Crippen molar-refractivity contribution in [1.29, 1.82) is 0 Å². The van der Waals surface area contributed by atoms with E-state index < -0.39 is 0 Å². The van der Waals surface area contributed by atoms with Gasteiger partial charge in [0.15, 0.2) is 5.78 Å². The molecule has 0 aliphatic heterocycles. The Hall–Kier alpha value is -1.19. The minimum absolute atomic E-state index is 0.0210. The zero-order valence-electron chi connectivity index (χ0n) is 11.4. The van der Waals surface area contributed by atoms with Crippen LogP contribution in [0.2, 0.25) is 0 Å². The van der Waals surface area contributed by atoms with E-state index in [1.807, 2.05) is 36.4 Å². The summed E-state index contributed by atoms with van der Waals surface area (Å²) < 4.78 is 2.05. The van der Waals surface area contributed by atoms with Crippen molar-refractivity contribution in [3.8, 4) is 0 Å². The van der Waals surface area contributed by atoms with Gasteiger partial charge in [0.25, 0.3) is 0 Å². The fourth-order valence-corrected chi connectivity index (χ4v) is 3.28. The maximum absolute atomic E-state index is 12.7. The molecule has 2 aromatic carbocycles. The Bertz CT molecular complexity index is 684. The molecule has 0 unspecified atom stereocenters. The summed E-state index contributed by atoms with van der Waals surface area (Å²) in [5.41, 5.74) is 3.09. The highest BCUT2D eigenvalue weighted by Crippen LogP contribution is 2.36. The maximum Gasteiger partial charge on any atom is 0.170 e. The zero-order chi connectivity index (χ0) is 14.8. The molecule has 1 nitrogen and oxygen atoms in total. The molecule has 0 saturated heterocycles. The first-order valence-corrected chi connectivity index (χ1v) is 8.49. The molecule has 0 radical (unpaired) electrons. The van der Waals surface area contributed by atoms with Gasteiger partial charge in [0.2, 0.25) is 0 Å². The fourth-order valence-electron chi connectivity index (χ4n) is 2.75. The number of hydrogen-bond acceptors (Lipinski definition) is 1. The third-order valence-corrected chi connectivity index (χ3v) is 4.88. The Kier molecular flexibility index (Phi) is 4.41. The van der Waals surface area contributed by atoms with Gasteiger partial charge in [0.1, 0.15) is 0 Å². The van der Waals surface area contributed by atoms with E-state index in [-0.39, 0.29) is 11.7 Å². The Labute approximate surface area is 141 Å². The Morgan fingerprint density at radius 1 is 0.905 bits per heavy atom. The lowest BCUT2D eigenvalue weighted by atomic mass is 9.88. The summed E-state index contributed by atoms with van der Waals surface area (Å²) in [4.78, 5) is 12.7. The highest BCUT2D eigenvalue weighted by atomic mass is 79.9. The first-order valence-electron chi connectivity index (χ1n) is 6.91. The second-order valence-corrected chi connectivity index (χ2v) is 7.00. The fraction of sp³-hybridized carbons (Fsp3) is 0.167. The van der Waals surface area contributed by atoms with Crippen LogP contribution < -0.4 is 0 Å². The van der Waals surface area contributed by atoms with Crippen LogP contribution in [-0.2, 0) is 0 Å². The first kappa shape index (κ1) is 14.7. The quantitative estimate of drug-likeness (QED) is 0.582. The lowest BCUT2D eigenvalue weighted by Gasteiger charge is -2.14. The lowest BCUT2D eigenvalue weighted by Crippen LogP contribution is -2.13. The summed E-state index contributed by atoms with van der Waals surface area (Å²) in [5, 5.41) is 0. The number of ketones is 1.